The van der Waals surface area contributed by atoms with Crippen LogP contribution in [0.4, 0.5) is 0 Å². The highest BCUT2D eigenvalue weighted by molar-refractivity contribution is 5.91. The Hall–Kier alpha value is -0.920. The van der Waals surface area contributed by atoms with Crippen LogP contribution in [-0.4, -0.2) is 11.6 Å². The summed E-state index contributed by atoms with van der Waals surface area (Å²) >= 11 is 0. The van der Waals surface area contributed by atoms with Crippen molar-refractivity contribution in [2.24, 2.45) is 35.0 Å². The van der Waals surface area contributed by atoms with Crippen LogP contribution in [0.15, 0.2) is 11.6 Å². The number of allylic oxidation sites excluding steroid dienone is 1. The van der Waals surface area contributed by atoms with Crippen molar-refractivity contribution >= 4 is 11.6 Å². The molecule has 114 valence electrons. The van der Waals surface area contributed by atoms with E-state index in [1.54, 1.807) is 0 Å². The number of hydrogen-bond acceptors (Lipinski definition) is 2. The molecule has 0 aliphatic heterocycles. The number of carbonyl (C=O) groups excluding carboxylic acids is 2. The lowest BCUT2D eigenvalue weighted by molar-refractivity contribution is -0.133. The molecule has 4 aliphatic carbocycles. The van der Waals surface area contributed by atoms with Gasteiger partial charge in [-0.05, 0) is 67.8 Å². The Kier molecular flexibility index (Phi) is 2.96. The van der Waals surface area contributed by atoms with Gasteiger partial charge in [0.15, 0.2) is 5.78 Å². The molecule has 3 fully saturated rings. The molecule has 0 radical (unpaired) electrons. The number of carbonyl (C=O) groups is 2. The van der Waals surface area contributed by atoms with Crippen LogP contribution in [0.1, 0.15) is 58.8 Å². The normalized spacial score (nSPS) is 49.2. The second-order valence-corrected chi connectivity index (χ2v) is 8.28. The lowest BCUT2D eigenvalue weighted by Crippen LogP contribution is -2.50. The zero-order valence-corrected chi connectivity index (χ0v) is 13.2. The van der Waals surface area contributed by atoms with E-state index in [0.29, 0.717) is 29.3 Å². The fourth-order valence-corrected chi connectivity index (χ4v) is 6.53. The average Bonchev–Trinajstić information content (AvgIpc) is 2.74. The van der Waals surface area contributed by atoms with Crippen LogP contribution >= 0.6 is 0 Å². The van der Waals surface area contributed by atoms with Gasteiger partial charge < -0.3 is 0 Å². The molecule has 0 spiro atoms. The minimum absolute atomic E-state index is 0.0354. The van der Waals surface area contributed by atoms with Crippen molar-refractivity contribution in [3.63, 3.8) is 0 Å². The van der Waals surface area contributed by atoms with Gasteiger partial charge in [0.2, 0.25) is 0 Å². The molecular formula is C19H26O2. The minimum atomic E-state index is -0.0354. The van der Waals surface area contributed by atoms with Crippen LogP contribution in [-0.2, 0) is 9.59 Å². The molecule has 0 saturated heterocycles. The molecule has 4 aliphatic rings. The molecule has 0 aromatic heterocycles. The van der Waals surface area contributed by atoms with E-state index in [-0.39, 0.29) is 5.41 Å². The van der Waals surface area contributed by atoms with Crippen LogP contribution in [0.3, 0.4) is 0 Å². The van der Waals surface area contributed by atoms with Crippen molar-refractivity contribution in [1.29, 1.82) is 0 Å². The Morgan fingerprint density at radius 3 is 2.71 bits per heavy atom. The maximum Gasteiger partial charge on any atom is 0.155 e. The predicted octanol–water partition coefficient (Wildman–Crippen LogP) is 3.94. The third-order valence-electron chi connectivity index (χ3n) is 7.31. The van der Waals surface area contributed by atoms with E-state index in [4.69, 9.17) is 0 Å². The maximum atomic E-state index is 12.4. The molecule has 0 N–H and O–H groups in total. The summed E-state index contributed by atoms with van der Waals surface area (Å²) in [6.45, 7) is 4.61. The molecule has 4 rings (SSSR count). The molecule has 0 heterocycles. The summed E-state index contributed by atoms with van der Waals surface area (Å²) < 4.78 is 0. The lowest BCUT2D eigenvalue weighted by atomic mass is 9.49. The van der Waals surface area contributed by atoms with Gasteiger partial charge in [0.25, 0.3) is 0 Å². The first-order valence-corrected chi connectivity index (χ1v) is 8.77. The molecule has 2 nitrogen and oxygen atoms in total. The Bertz CT molecular complexity index is 532. The fraction of sp³-hybridized carbons (Fsp3) is 0.789. The van der Waals surface area contributed by atoms with Gasteiger partial charge in [-0.25, -0.2) is 0 Å². The van der Waals surface area contributed by atoms with E-state index in [9.17, 15) is 9.59 Å². The summed E-state index contributed by atoms with van der Waals surface area (Å²) in [5.41, 5.74) is 1.40. The Balaban J connectivity index is 1.70. The number of Topliss-reactive ketones (excluding diaryl/α,β-unsaturated/α-hetero) is 1. The molecule has 0 aromatic rings. The van der Waals surface area contributed by atoms with Gasteiger partial charge in [-0.15, -0.1) is 0 Å². The highest BCUT2D eigenvalue weighted by atomic mass is 16.1. The Labute approximate surface area is 127 Å². The first-order chi connectivity index (χ1) is 10.0. The summed E-state index contributed by atoms with van der Waals surface area (Å²) in [5, 5.41) is 0. The zero-order chi connectivity index (χ0) is 14.8. The summed E-state index contributed by atoms with van der Waals surface area (Å²) in [6.07, 6.45) is 9.08. The van der Waals surface area contributed by atoms with Crippen LogP contribution in [0.2, 0.25) is 0 Å². The molecule has 6 atom stereocenters. The van der Waals surface area contributed by atoms with E-state index < -0.39 is 0 Å². The second kappa shape index (κ2) is 4.54. The molecule has 3 saturated carbocycles. The van der Waals surface area contributed by atoms with Gasteiger partial charge in [0, 0.05) is 18.3 Å². The largest absolute Gasteiger partial charge is 0.299 e. The highest BCUT2D eigenvalue weighted by Gasteiger charge is 2.58. The molecule has 0 aromatic carbocycles. The molecule has 21 heavy (non-hydrogen) atoms. The van der Waals surface area contributed by atoms with Gasteiger partial charge in [0.05, 0.1) is 0 Å². The van der Waals surface area contributed by atoms with Crippen LogP contribution in [0.5, 0.6) is 0 Å². The Morgan fingerprint density at radius 1 is 1.10 bits per heavy atom. The van der Waals surface area contributed by atoms with Gasteiger partial charge in [-0.1, -0.05) is 19.4 Å². The first-order valence-electron chi connectivity index (χ1n) is 8.77. The third kappa shape index (κ3) is 1.83. The summed E-state index contributed by atoms with van der Waals surface area (Å²) in [4.78, 5) is 24.1. The Morgan fingerprint density at radius 2 is 1.90 bits per heavy atom. The second-order valence-electron chi connectivity index (χ2n) is 8.28. The van der Waals surface area contributed by atoms with Crippen molar-refractivity contribution in [2.75, 3.05) is 0 Å². The summed E-state index contributed by atoms with van der Waals surface area (Å²) in [5.74, 6) is 4.19. The van der Waals surface area contributed by atoms with Crippen LogP contribution in [0.25, 0.3) is 0 Å². The van der Waals surface area contributed by atoms with Crippen molar-refractivity contribution in [3.05, 3.63) is 11.6 Å². The quantitative estimate of drug-likeness (QED) is 0.676. The van der Waals surface area contributed by atoms with Gasteiger partial charge in [-0.2, -0.15) is 0 Å². The number of hydrogen-bond donors (Lipinski definition) is 0. The summed E-state index contributed by atoms with van der Waals surface area (Å²) in [6, 6.07) is 0. The summed E-state index contributed by atoms with van der Waals surface area (Å²) in [7, 11) is 0. The monoisotopic (exact) mass is 286 g/mol. The average molecular weight is 286 g/mol. The number of rotatable bonds is 0. The lowest BCUT2D eigenvalue weighted by Gasteiger charge is -2.55. The predicted molar refractivity (Wildman–Crippen MR) is 81.6 cm³/mol. The first kappa shape index (κ1) is 13.7. The van der Waals surface area contributed by atoms with Crippen molar-refractivity contribution < 1.29 is 9.59 Å². The minimum Gasteiger partial charge on any atom is -0.299 e. The van der Waals surface area contributed by atoms with E-state index >= 15 is 0 Å². The van der Waals surface area contributed by atoms with Gasteiger partial charge >= 0.3 is 0 Å². The topological polar surface area (TPSA) is 34.1 Å². The van der Waals surface area contributed by atoms with Crippen molar-refractivity contribution in [3.8, 4) is 0 Å². The van der Waals surface area contributed by atoms with Crippen LogP contribution < -0.4 is 0 Å². The molecular weight excluding hydrogens is 260 g/mol. The smallest absolute Gasteiger partial charge is 0.155 e. The SMILES string of the molecule is C[C@H]1C[C@]2(C)C(=O)CCC2C2CCC3=CC(=O)CCC3C21. The van der Waals surface area contributed by atoms with Crippen molar-refractivity contribution in [1.82, 2.24) is 0 Å². The zero-order valence-electron chi connectivity index (χ0n) is 13.2. The third-order valence-corrected chi connectivity index (χ3v) is 7.31. The fourth-order valence-electron chi connectivity index (χ4n) is 6.53. The molecule has 2 heteroatoms. The molecule has 0 bridgehead atoms. The van der Waals surface area contributed by atoms with E-state index in [1.807, 2.05) is 6.08 Å². The maximum absolute atomic E-state index is 12.4. The van der Waals surface area contributed by atoms with Gasteiger partial charge in [-0.3, -0.25) is 9.59 Å². The van der Waals surface area contributed by atoms with Gasteiger partial charge in [0.1, 0.15) is 5.78 Å². The molecule has 0 amide bonds. The van der Waals surface area contributed by atoms with E-state index in [1.165, 1.54) is 12.0 Å². The number of ketones is 2. The van der Waals surface area contributed by atoms with E-state index in [0.717, 1.165) is 50.4 Å². The highest BCUT2D eigenvalue weighted by Crippen LogP contribution is 2.62. The van der Waals surface area contributed by atoms with Crippen molar-refractivity contribution in [2.45, 2.75) is 58.8 Å². The van der Waals surface area contributed by atoms with E-state index in [2.05, 4.69) is 13.8 Å². The van der Waals surface area contributed by atoms with Crippen LogP contribution in [0, 0.1) is 35.0 Å². The number of fused-ring (bicyclic) bond motifs is 5. The molecule has 4 unspecified atom stereocenters. The standard InChI is InChI=1S/C19H26O2/c1-11-10-19(2)16(7-8-17(19)21)15-5-3-12-9-13(20)4-6-14(12)18(11)15/h9,11,14-16,18H,3-8,10H2,1-2H3/t11-,14?,15?,16?,18?,19-/m0/s1.